The Morgan fingerprint density at radius 3 is 2.83 bits per heavy atom. The monoisotopic (exact) mass is 251 g/mol. The van der Waals surface area contributed by atoms with Crippen molar-refractivity contribution >= 4 is 0 Å². The van der Waals surface area contributed by atoms with Crippen LogP contribution < -0.4 is 5.73 Å². The standard InChI is InChI=1S/C15H25NO2/c1-3-12-6-4-5-7-14(12)17-10-13-8-11(2)15(9-16)18-13/h8,12,14H,3-7,9-10,16H2,1-2H3. The molecule has 0 aromatic carbocycles. The maximum atomic E-state index is 6.05. The minimum absolute atomic E-state index is 0.412. The first-order chi connectivity index (χ1) is 8.74. The lowest BCUT2D eigenvalue weighted by molar-refractivity contribution is -0.0286. The first-order valence-corrected chi connectivity index (χ1v) is 7.14. The summed E-state index contributed by atoms with van der Waals surface area (Å²) in [5, 5.41) is 0. The molecule has 2 rings (SSSR count). The Labute approximate surface area is 110 Å². The third kappa shape index (κ3) is 3.15. The molecule has 3 nitrogen and oxygen atoms in total. The lowest BCUT2D eigenvalue weighted by Gasteiger charge is -2.30. The lowest BCUT2D eigenvalue weighted by Crippen LogP contribution is -2.27. The Balaban J connectivity index is 1.89. The van der Waals surface area contributed by atoms with Gasteiger partial charge in [-0.1, -0.05) is 26.2 Å². The van der Waals surface area contributed by atoms with Crippen LogP contribution in [0.1, 0.15) is 56.1 Å². The van der Waals surface area contributed by atoms with Gasteiger partial charge in [0.05, 0.1) is 12.6 Å². The summed E-state index contributed by atoms with van der Waals surface area (Å²) in [5.41, 5.74) is 6.74. The molecule has 1 aliphatic carbocycles. The molecular formula is C15H25NO2. The summed E-state index contributed by atoms with van der Waals surface area (Å²) in [6.07, 6.45) is 6.79. The van der Waals surface area contributed by atoms with Gasteiger partial charge in [-0.15, -0.1) is 0 Å². The molecule has 2 unspecified atom stereocenters. The second kappa shape index (κ2) is 6.39. The summed E-state index contributed by atoms with van der Waals surface area (Å²) < 4.78 is 11.7. The van der Waals surface area contributed by atoms with Gasteiger partial charge in [-0.25, -0.2) is 0 Å². The summed E-state index contributed by atoms with van der Waals surface area (Å²) in [7, 11) is 0. The number of ether oxygens (including phenoxy) is 1. The zero-order valence-corrected chi connectivity index (χ0v) is 11.6. The van der Waals surface area contributed by atoms with Crippen LogP contribution >= 0.6 is 0 Å². The molecule has 0 aliphatic heterocycles. The van der Waals surface area contributed by atoms with Crippen LogP contribution in [0.3, 0.4) is 0 Å². The Kier molecular flexibility index (Phi) is 4.84. The van der Waals surface area contributed by atoms with Crippen molar-refractivity contribution in [2.75, 3.05) is 0 Å². The molecule has 2 atom stereocenters. The fourth-order valence-corrected chi connectivity index (χ4v) is 2.91. The second-order valence-electron chi connectivity index (χ2n) is 5.33. The molecular weight excluding hydrogens is 226 g/mol. The predicted molar refractivity (Wildman–Crippen MR) is 72.2 cm³/mol. The zero-order valence-electron chi connectivity index (χ0n) is 11.6. The molecule has 0 radical (unpaired) electrons. The smallest absolute Gasteiger partial charge is 0.130 e. The summed E-state index contributed by atoms with van der Waals surface area (Å²) in [6.45, 7) is 5.34. The SMILES string of the molecule is CCC1CCCCC1OCc1cc(C)c(CN)o1. The Morgan fingerprint density at radius 2 is 2.17 bits per heavy atom. The number of nitrogens with two attached hydrogens (primary N) is 1. The number of furan rings is 1. The van der Waals surface area contributed by atoms with Crippen LogP contribution in [0, 0.1) is 12.8 Å². The van der Waals surface area contributed by atoms with Crippen LogP contribution in [0.5, 0.6) is 0 Å². The predicted octanol–water partition coefficient (Wildman–Crippen LogP) is 3.53. The number of hydrogen-bond donors (Lipinski definition) is 1. The van der Waals surface area contributed by atoms with Crippen molar-refractivity contribution in [3.05, 3.63) is 23.2 Å². The van der Waals surface area contributed by atoms with E-state index in [2.05, 4.69) is 6.92 Å². The van der Waals surface area contributed by atoms with Gasteiger partial charge in [0, 0.05) is 0 Å². The molecule has 1 aliphatic rings. The molecule has 1 saturated carbocycles. The third-order valence-electron chi connectivity index (χ3n) is 4.06. The van der Waals surface area contributed by atoms with Gasteiger partial charge < -0.3 is 14.9 Å². The van der Waals surface area contributed by atoms with Gasteiger partial charge in [0.25, 0.3) is 0 Å². The van der Waals surface area contributed by atoms with E-state index in [4.69, 9.17) is 14.9 Å². The largest absolute Gasteiger partial charge is 0.462 e. The van der Waals surface area contributed by atoms with E-state index < -0.39 is 0 Å². The van der Waals surface area contributed by atoms with E-state index in [0.29, 0.717) is 19.3 Å². The van der Waals surface area contributed by atoms with Gasteiger partial charge in [0.15, 0.2) is 0 Å². The maximum absolute atomic E-state index is 6.05. The van der Waals surface area contributed by atoms with E-state index in [-0.39, 0.29) is 0 Å². The van der Waals surface area contributed by atoms with Gasteiger partial charge in [-0.3, -0.25) is 0 Å². The number of aryl methyl sites for hydroxylation is 1. The topological polar surface area (TPSA) is 48.4 Å². The van der Waals surface area contributed by atoms with E-state index in [1.807, 2.05) is 13.0 Å². The van der Waals surface area contributed by atoms with E-state index in [1.54, 1.807) is 0 Å². The molecule has 1 fully saturated rings. The molecule has 0 spiro atoms. The average molecular weight is 251 g/mol. The molecule has 18 heavy (non-hydrogen) atoms. The fraction of sp³-hybridized carbons (Fsp3) is 0.733. The van der Waals surface area contributed by atoms with E-state index in [9.17, 15) is 0 Å². The maximum Gasteiger partial charge on any atom is 0.130 e. The van der Waals surface area contributed by atoms with Crippen molar-refractivity contribution in [3.63, 3.8) is 0 Å². The van der Waals surface area contributed by atoms with Gasteiger partial charge in [-0.2, -0.15) is 0 Å². The number of hydrogen-bond acceptors (Lipinski definition) is 3. The average Bonchev–Trinajstić information content (AvgIpc) is 2.77. The van der Waals surface area contributed by atoms with Crippen molar-refractivity contribution in [3.8, 4) is 0 Å². The second-order valence-corrected chi connectivity index (χ2v) is 5.33. The highest BCUT2D eigenvalue weighted by molar-refractivity contribution is 5.19. The molecule has 3 heteroatoms. The van der Waals surface area contributed by atoms with E-state index in [1.165, 1.54) is 32.1 Å². The van der Waals surface area contributed by atoms with Gasteiger partial charge >= 0.3 is 0 Å². The van der Waals surface area contributed by atoms with Crippen LogP contribution in [-0.2, 0) is 17.9 Å². The highest BCUT2D eigenvalue weighted by Crippen LogP contribution is 2.30. The molecule has 0 bridgehead atoms. The van der Waals surface area contributed by atoms with E-state index >= 15 is 0 Å². The normalized spacial score (nSPS) is 24.4. The van der Waals surface area contributed by atoms with Gasteiger partial charge in [0.2, 0.25) is 0 Å². The van der Waals surface area contributed by atoms with Crippen LogP contribution in [0.25, 0.3) is 0 Å². The molecule has 102 valence electrons. The van der Waals surface area contributed by atoms with Crippen molar-refractivity contribution in [1.29, 1.82) is 0 Å². The first kappa shape index (κ1) is 13.6. The molecule has 0 amide bonds. The van der Waals surface area contributed by atoms with Gasteiger partial charge in [0.1, 0.15) is 18.1 Å². The van der Waals surface area contributed by atoms with Crippen molar-refractivity contribution < 1.29 is 9.15 Å². The van der Waals surface area contributed by atoms with Crippen molar-refractivity contribution in [2.24, 2.45) is 11.7 Å². The number of rotatable bonds is 5. The summed E-state index contributed by atoms with van der Waals surface area (Å²) >= 11 is 0. The van der Waals surface area contributed by atoms with E-state index in [0.717, 1.165) is 23.0 Å². The van der Waals surface area contributed by atoms with Crippen molar-refractivity contribution in [1.82, 2.24) is 0 Å². The summed E-state index contributed by atoms with van der Waals surface area (Å²) in [6, 6.07) is 2.05. The molecule has 2 N–H and O–H groups in total. The minimum Gasteiger partial charge on any atom is -0.462 e. The lowest BCUT2D eigenvalue weighted by atomic mass is 9.85. The van der Waals surface area contributed by atoms with Crippen molar-refractivity contribution in [2.45, 2.75) is 65.2 Å². The van der Waals surface area contributed by atoms with Crippen LogP contribution in [0.4, 0.5) is 0 Å². The zero-order chi connectivity index (χ0) is 13.0. The van der Waals surface area contributed by atoms with Crippen LogP contribution in [0.15, 0.2) is 10.5 Å². The van der Waals surface area contributed by atoms with Gasteiger partial charge in [-0.05, 0) is 37.3 Å². The minimum atomic E-state index is 0.412. The summed E-state index contributed by atoms with van der Waals surface area (Å²) in [5.74, 6) is 2.52. The molecule has 1 aromatic rings. The molecule has 1 heterocycles. The Morgan fingerprint density at radius 1 is 1.39 bits per heavy atom. The Hall–Kier alpha value is -0.800. The third-order valence-corrected chi connectivity index (χ3v) is 4.06. The fourth-order valence-electron chi connectivity index (χ4n) is 2.91. The summed E-state index contributed by atoms with van der Waals surface area (Å²) in [4.78, 5) is 0. The highest BCUT2D eigenvalue weighted by atomic mass is 16.5. The Bertz CT molecular complexity index is 373. The first-order valence-electron chi connectivity index (χ1n) is 7.14. The molecule has 1 aromatic heterocycles. The van der Waals surface area contributed by atoms with Crippen LogP contribution in [0.2, 0.25) is 0 Å². The van der Waals surface area contributed by atoms with Crippen LogP contribution in [-0.4, -0.2) is 6.10 Å². The molecule has 0 saturated heterocycles. The highest BCUT2D eigenvalue weighted by Gasteiger charge is 2.24. The quantitative estimate of drug-likeness (QED) is 0.870.